The number of benzene rings is 2. The summed E-state index contributed by atoms with van der Waals surface area (Å²) in [5.41, 5.74) is -0.339. The molecule has 3 atom stereocenters. The highest BCUT2D eigenvalue weighted by molar-refractivity contribution is 5.82. The summed E-state index contributed by atoms with van der Waals surface area (Å²) in [7, 11) is 0. The van der Waals surface area contributed by atoms with E-state index in [4.69, 9.17) is 4.74 Å². The van der Waals surface area contributed by atoms with Crippen molar-refractivity contribution in [1.82, 2.24) is 0 Å². The Morgan fingerprint density at radius 1 is 1.10 bits per heavy atom. The summed E-state index contributed by atoms with van der Waals surface area (Å²) < 4.78 is 6.09. The number of hydrogen-bond donors (Lipinski definition) is 1. The number of rotatable bonds is 6. The molecule has 2 aromatic rings. The molecule has 0 heterocycles. The lowest BCUT2D eigenvalue weighted by atomic mass is 9.54. The van der Waals surface area contributed by atoms with E-state index in [9.17, 15) is 9.90 Å². The fraction of sp³-hybridized carbons (Fsp3) is 0.444. The van der Waals surface area contributed by atoms with Gasteiger partial charge in [-0.2, -0.15) is 0 Å². The molecule has 0 aromatic heterocycles. The molecular weight excluding hydrogens is 372 g/mol. The minimum atomic E-state index is -1.26. The van der Waals surface area contributed by atoms with E-state index < -0.39 is 11.0 Å². The Hall–Kier alpha value is -2.39. The van der Waals surface area contributed by atoms with Gasteiger partial charge >= 0.3 is 5.97 Å². The molecule has 2 saturated carbocycles. The Bertz CT molecular complexity index is 876. The van der Waals surface area contributed by atoms with Gasteiger partial charge in [-0.3, -0.25) is 0 Å². The zero-order valence-electron chi connectivity index (χ0n) is 18.2. The van der Waals surface area contributed by atoms with E-state index in [1.165, 1.54) is 6.08 Å². The summed E-state index contributed by atoms with van der Waals surface area (Å²) in [6.07, 6.45) is 6.45. The number of hydrogen-bond acceptors (Lipinski definition) is 3. The van der Waals surface area contributed by atoms with E-state index in [1.54, 1.807) is 0 Å². The third-order valence-corrected chi connectivity index (χ3v) is 7.88. The highest BCUT2D eigenvalue weighted by Gasteiger charge is 2.74. The van der Waals surface area contributed by atoms with Crippen molar-refractivity contribution in [2.45, 2.75) is 58.2 Å². The van der Waals surface area contributed by atoms with Gasteiger partial charge in [-0.15, -0.1) is 0 Å². The lowest BCUT2D eigenvalue weighted by Gasteiger charge is -2.53. The molecule has 0 spiro atoms. The Morgan fingerprint density at radius 3 is 2.17 bits per heavy atom. The molecule has 2 fully saturated rings. The number of fused-ring (bicyclic) bond motifs is 2. The van der Waals surface area contributed by atoms with Crippen molar-refractivity contribution in [3.63, 3.8) is 0 Å². The van der Waals surface area contributed by atoms with Gasteiger partial charge in [0.15, 0.2) is 0 Å². The Morgan fingerprint density at radius 2 is 1.67 bits per heavy atom. The fourth-order valence-corrected chi connectivity index (χ4v) is 6.36. The second kappa shape index (κ2) is 7.70. The van der Waals surface area contributed by atoms with Crippen LogP contribution in [0.3, 0.4) is 0 Å². The standard InChI is InChI=1S/C27H32O3/c1-4-5-16-24(28)30-23-19-22-17-18-26(23,25(22,2)3)27(29,20-12-8-6-9-13-20)21-14-10-7-11-15-21/h5-16,22-23,29H,4,17-19H2,1-3H3/b16-5+/t22-,23-,26-/m1/s1. The maximum absolute atomic E-state index is 12.7. The van der Waals surface area contributed by atoms with Gasteiger partial charge in [0, 0.05) is 11.5 Å². The van der Waals surface area contributed by atoms with Crippen molar-refractivity contribution in [1.29, 1.82) is 0 Å². The molecule has 158 valence electrons. The molecule has 3 heteroatoms. The van der Waals surface area contributed by atoms with E-state index in [0.717, 1.165) is 36.8 Å². The SMILES string of the molecule is CC/C=C/C(=O)O[C@@H]1C[C@H]2CC[C@]1(C(O)(c1ccccc1)c1ccccc1)C2(C)C. The monoisotopic (exact) mass is 404 g/mol. The highest BCUT2D eigenvalue weighted by Crippen LogP contribution is 2.73. The number of esters is 1. The molecule has 3 nitrogen and oxygen atoms in total. The predicted octanol–water partition coefficient (Wildman–Crippen LogP) is 5.63. The zero-order valence-corrected chi connectivity index (χ0v) is 18.2. The first kappa shape index (κ1) is 20.9. The lowest BCUT2D eigenvalue weighted by Crippen LogP contribution is -2.57. The van der Waals surface area contributed by atoms with Gasteiger partial charge in [0.05, 0.1) is 0 Å². The van der Waals surface area contributed by atoms with Crippen LogP contribution < -0.4 is 0 Å². The molecule has 0 aliphatic heterocycles. The molecule has 0 amide bonds. The van der Waals surface area contributed by atoms with E-state index in [0.29, 0.717) is 5.92 Å². The highest BCUT2D eigenvalue weighted by atomic mass is 16.5. The van der Waals surface area contributed by atoms with Crippen LogP contribution in [0.25, 0.3) is 0 Å². The van der Waals surface area contributed by atoms with E-state index >= 15 is 0 Å². The molecule has 2 aliphatic rings. The van der Waals surface area contributed by atoms with Gasteiger partial charge in [-0.25, -0.2) is 4.79 Å². The van der Waals surface area contributed by atoms with Crippen molar-refractivity contribution in [2.75, 3.05) is 0 Å². The summed E-state index contributed by atoms with van der Waals surface area (Å²) in [6.45, 7) is 6.49. The van der Waals surface area contributed by atoms with Crippen LogP contribution in [0, 0.1) is 16.7 Å². The van der Waals surface area contributed by atoms with Crippen molar-refractivity contribution in [2.24, 2.45) is 16.7 Å². The topological polar surface area (TPSA) is 46.5 Å². The summed E-state index contributed by atoms with van der Waals surface area (Å²) in [5.74, 6) is 0.0949. The van der Waals surface area contributed by atoms with Crippen LogP contribution in [0.2, 0.25) is 0 Å². The molecular formula is C27H32O3. The lowest BCUT2D eigenvalue weighted by molar-refractivity contribution is -0.180. The summed E-state index contributed by atoms with van der Waals surface area (Å²) in [4.78, 5) is 12.6. The minimum absolute atomic E-state index is 0.188. The predicted molar refractivity (Wildman–Crippen MR) is 119 cm³/mol. The van der Waals surface area contributed by atoms with E-state index in [-0.39, 0.29) is 17.5 Å². The van der Waals surface area contributed by atoms with Crippen LogP contribution >= 0.6 is 0 Å². The molecule has 1 N–H and O–H groups in total. The van der Waals surface area contributed by atoms with Crippen molar-refractivity contribution < 1.29 is 14.6 Å². The average Bonchev–Trinajstić information content (AvgIpc) is 3.15. The number of aliphatic hydroxyl groups is 1. The second-order valence-corrected chi connectivity index (χ2v) is 9.34. The molecule has 2 bridgehead atoms. The first-order valence-corrected chi connectivity index (χ1v) is 11.1. The van der Waals surface area contributed by atoms with Crippen LogP contribution in [0.1, 0.15) is 57.6 Å². The first-order valence-electron chi connectivity index (χ1n) is 11.1. The van der Waals surface area contributed by atoms with Crippen molar-refractivity contribution >= 4 is 5.97 Å². The summed E-state index contributed by atoms with van der Waals surface area (Å²) in [5, 5.41) is 12.7. The van der Waals surface area contributed by atoms with Crippen LogP contribution in [-0.2, 0) is 15.1 Å². The van der Waals surface area contributed by atoms with Crippen LogP contribution in [0.5, 0.6) is 0 Å². The normalized spacial score (nSPS) is 27.5. The maximum Gasteiger partial charge on any atom is 0.330 e. The molecule has 0 unspecified atom stereocenters. The van der Waals surface area contributed by atoms with Crippen LogP contribution in [0.15, 0.2) is 72.8 Å². The van der Waals surface area contributed by atoms with Crippen LogP contribution in [-0.4, -0.2) is 17.2 Å². The van der Waals surface area contributed by atoms with Gasteiger partial charge in [-0.05, 0) is 48.1 Å². The molecule has 0 radical (unpaired) electrons. The quantitative estimate of drug-likeness (QED) is 0.502. The fourth-order valence-electron chi connectivity index (χ4n) is 6.36. The van der Waals surface area contributed by atoms with Gasteiger partial charge in [0.2, 0.25) is 0 Å². The Kier molecular flexibility index (Phi) is 5.36. The largest absolute Gasteiger partial charge is 0.458 e. The molecule has 2 aliphatic carbocycles. The minimum Gasteiger partial charge on any atom is -0.458 e. The summed E-state index contributed by atoms with van der Waals surface area (Å²) in [6, 6.07) is 19.8. The molecule has 4 rings (SSSR count). The molecule has 30 heavy (non-hydrogen) atoms. The van der Waals surface area contributed by atoms with Crippen molar-refractivity contribution in [3.05, 3.63) is 83.9 Å². The zero-order chi connectivity index (χ0) is 21.4. The number of carbonyl (C=O) groups is 1. The summed E-state index contributed by atoms with van der Waals surface area (Å²) >= 11 is 0. The third-order valence-electron chi connectivity index (χ3n) is 7.88. The Labute approximate surface area is 179 Å². The van der Waals surface area contributed by atoms with E-state index in [1.807, 2.05) is 73.7 Å². The van der Waals surface area contributed by atoms with Gasteiger partial charge in [-0.1, -0.05) is 87.5 Å². The number of carbonyl (C=O) groups excluding carboxylic acids is 1. The average molecular weight is 405 g/mol. The maximum atomic E-state index is 12.7. The number of allylic oxidation sites excluding steroid dienone is 1. The Balaban J connectivity index is 1.90. The van der Waals surface area contributed by atoms with Crippen molar-refractivity contribution in [3.8, 4) is 0 Å². The first-order chi connectivity index (χ1) is 14.4. The molecule has 0 saturated heterocycles. The van der Waals surface area contributed by atoms with Gasteiger partial charge in [0.25, 0.3) is 0 Å². The van der Waals surface area contributed by atoms with E-state index in [2.05, 4.69) is 13.8 Å². The van der Waals surface area contributed by atoms with Gasteiger partial charge in [0.1, 0.15) is 11.7 Å². The van der Waals surface area contributed by atoms with Crippen LogP contribution in [0.4, 0.5) is 0 Å². The second-order valence-electron chi connectivity index (χ2n) is 9.34. The smallest absolute Gasteiger partial charge is 0.330 e. The third kappa shape index (κ3) is 2.86. The number of ether oxygens (including phenoxy) is 1. The van der Waals surface area contributed by atoms with Gasteiger partial charge < -0.3 is 9.84 Å². The molecule has 2 aromatic carbocycles.